The summed E-state index contributed by atoms with van der Waals surface area (Å²) in [6, 6.07) is 0.327. The number of hydrogen-bond donors (Lipinski definition) is 2. The van der Waals surface area contributed by atoms with E-state index in [9.17, 15) is 4.79 Å². The van der Waals surface area contributed by atoms with Gasteiger partial charge in [-0.15, -0.1) is 5.10 Å². The molecule has 1 aliphatic heterocycles. The van der Waals surface area contributed by atoms with E-state index in [-0.39, 0.29) is 5.91 Å². The van der Waals surface area contributed by atoms with Crippen molar-refractivity contribution in [1.29, 1.82) is 0 Å². The molecule has 0 radical (unpaired) electrons. The molecule has 3 N–H and O–H groups in total. The average molecular weight is 292 g/mol. The summed E-state index contributed by atoms with van der Waals surface area (Å²) < 4.78 is 0. The number of aryl methyl sites for hydroxylation is 2. The summed E-state index contributed by atoms with van der Waals surface area (Å²) in [7, 11) is 0. The standard InChI is InChI=1S/C14H24N6O/c1-3-11-12(4-2)18-19-14(17-11)16-10-5-7-20(8-6-10)9-13(15)21/h10H,3-9H2,1-2H3,(H2,15,21)(H,16,17,19). The minimum absolute atomic E-state index is 0.267. The zero-order valence-corrected chi connectivity index (χ0v) is 12.8. The lowest BCUT2D eigenvalue weighted by atomic mass is 10.1. The van der Waals surface area contributed by atoms with E-state index in [0.29, 0.717) is 18.5 Å². The van der Waals surface area contributed by atoms with Crippen LogP contribution in [0, 0.1) is 0 Å². The first-order valence-electron chi connectivity index (χ1n) is 7.62. The van der Waals surface area contributed by atoms with Gasteiger partial charge in [-0.25, -0.2) is 4.98 Å². The first-order valence-corrected chi connectivity index (χ1v) is 7.62. The molecule has 1 aromatic heterocycles. The van der Waals surface area contributed by atoms with Gasteiger partial charge in [0.05, 0.1) is 17.9 Å². The van der Waals surface area contributed by atoms with Gasteiger partial charge in [0.15, 0.2) is 0 Å². The predicted molar refractivity (Wildman–Crippen MR) is 80.9 cm³/mol. The van der Waals surface area contributed by atoms with Crippen molar-refractivity contribution in [3.05, 3.63) is 11.4 Å². The van der Waals surface area contributed by atoms with Gasteiger partial charge in [0.2, 0.25) is 11.9 Å². The van der Waals surface area contributed by atoms with Gasteiger partial charge in [-0.3, -0.25) is 9.69 Å². The number of nitrogens with two attached hydrogens (primary N) is 1. The molecule has 0 bridgehead atoms. The van der Waals surface area contributed by atoms with Crippen molar-refractivity contribution in [2.75, 3.05) is 25.0 Å². The molecule has 0 aliphatic carbocycles. The minimum Gasteiger partial charge on any atom is -0.369 e. The monoisotopic (exact) mass is 292 g/mol. The second-order valence-corrected chi connectivity index (χ2v) is 5.40. The van der Waals surface area contributed by atoms with Crippen molar-refractivity contribution in [2.24, 2.45) is 5.73 Å². The fourth-order valence-electron chi connectivity index (χ4n) is 2.64. The normalized spacial score (nSPS) is 16.9. The Hall–Kier alpha value is -1.76. The number of nitrogens with zero attached hydrogens (tertiary/aromatic N) is 4. The topological polar surface area (TPSA) is 97.0 Å². The molecule has 2 heterocycles. The maximum Gasteiger partial charge on any atom is 0.243 e. The van der Waals surface area contributed by atoms with Gasteiger partial charge < -0.3 is 11.1 Å². The first-order chi connectivity index (χ1) is 10.1. The van der Waals surface area contributed by atoms with E-state index >= 15 is 0 Å². The SMILES string of the molecule is CCc1nnc(NC2CCN(CC(N)=O)CC2)nc1CC. The van der Waals surface area contributed by atoms with E-state index in [2.05, 4.69) is 39.2 Å². The summed E-state index contributed by atoms with van der Waals surface area (Å²) in [5, 5.41) is 11.8. The van der Waals surface area contributed by atoms with Gasteiger partial charge in [-0.05, 0) is 25.7 Å². The number of carbonyl (C=O) groups excluding carboxylic acids is 1. The van der Waals surface area contributed by atoms with Crippen LogP contribution < -0.4 is 11.1 Å². The number of amides is 1. The summed E-state index contributed by atoms with van der Waals surface area (Å²) in [6.45, 7) is 6.21. The van der Waals surface area contributed by atoms with E-state index in [1.807, 2.05) is 0 Å². The minimum atomic E-state index is -0.267. The van der Waals surface area contributed by atoms with Gasteiger partial charge in [0.25, 0.3) is 0 Å². The maximum absolute atomic E-state index is 10.9. The summed E-state index contributed by atoms with van der Waals surface area (Å²) in [4.78, 5) is 17.5. The third-order valence-corrected chi connectivity index (χ3v) is 3.81. The van der Waals surface area contributed by atoms with Gasteiger partial charge in [0, 0.05) is 19.1 Å². The lowest BCUT2D eigenvalue weighted by molar-refractivity contribution is -0.119. The fourth-order valence-corrected chi connectivity index (χ4v) is 2.64. The number of piperidine rings is 1. The number of hydrogen-bond acceptors (Lipinski definition) is 6. The zero-order valence-electron chi connectivity index (χ0n) is 12.8. The lowest BCUT2D eigenvalue weighted by Gasteiger charge is -2.31. The number of nitrogens with one attached hydrogen (secondary N) is 1. The molecule has 2 rings (SSSR count). The number of rotatable bonds is 6. The molecular formula is C14H24N6O. The van der Waals surface area contributed by atoms with Crippen LogP contribution in [0.1, 0.15) is 38.1 Å². The Morgan fingerprint density at radius 2 is 1.90 bits per heavy atom. The zero-order chi connectivity index (χ0) is 15.2. The number of primary amides is 1. The summed E-state index contributed by atoms with van der Waals surface area (Å²) >= 11 is 0. The second-order valence-electron chi connectivity index (χ2n) is 5.40. The first kappa shape index (κ1) is 15.6. The van der Waals surface area contributed by atoms with E-state index in [1.165, 1.54) is 0 Å². The molecule has 1 fully saturated rings. The predicted octanol–water partition coefficient (Wildman–Crippen LogP) is 0.358. The fraction of sp³-hybridized carbons (Fsp3) is 0.714. The smallest absolute Gasteiger partial charge is 0.243 e. The van der Waals surface area contributed by atoms with Gasteiger partial charge in [-0.2, -0.15) is 5.10 Å². The Labute approximate surface area is 125 Å². The Morgan fingerprint density at radius 3 is 2.48 bits per heavy atom. The molecule has 1 aromatic rings. The van der Waals surface area contributed by atoms with Crippen molar-refractivity contribution in [2.45, 2.75) is 45.6 Å². The van der Waals surface area contributed by atoms with E-state index < -0.39 is 0 Å². The Balaban J connectivity index is 1.90. The largest absolute Gasteiger partial charge is 0.369 e. The van der Waals surface area contributed by atoms with Crippen molar-refractivity contribution in [3.8, 4) is 0 Å². The van der Waals surface area contributed by atoms with Crippen LogP contribution in [-0.2, 0) is 17.6 Å². The summed E-state index contributed by atoms with van der Waals surface area (Å²) in [5.74, 6) is 0.342. The molecule has 1 aliphatic rings. The lowest BCUT2D eigenvalue weighted by Crippen LogP contribution is -2.43. The van der Waals surface area contributed by atoms with Gasteiger partial charge >= 0.3 is 0 Å². The summed E-state index contributed by atoms with van der Waals surface area (Å²) in [5.41, 5.74) is 7.20. The highest BCUT2D eigenvalue weighted by atomic mass is 16.1. The van der Waals surface area contributed by atoms with Crippen LogP contribution in [-0.4, -0.2) is 51.7 Å². The van der Waals surface area contributed by atoms with E-state index in [4.69, 9.17) is 5.73 Å². The van der Waals surface area contributed by atoms with Crippen LogP contribution in [0.2, 0.25) is 0 Å². The molecule has 21 heavy (non-hydrogen) atoms. The van der Waals surface area contributed by atoms with Crippen LogP contribution in [0.15, 0.2) is 0 Å². The molecule has 1 saturated heterocycles. The highest BCUT2D eigenvalue weighted by Gasteiger charge is 2.21. The number of likely N-dealkylation sites (tertiary alicyclic amines) is 1. The molecule has 0 saturated carbocycles. The van der Waals surface area contributed by atoms with Crippen molar-refractivity contribution < 1.29 is 4.79 Å². The Bertz CT molecular complexity index is 484. The van der Waals surface area contributed by atoms with Crippen LogP contribution in [0.4, 0.5) is 5.95 Å². The van der Waals surface area contributed by atoms with Crippen LogP contribution in [0.25, 0.3) is 0 Å². The third-order valence-electron chi connectivity index (χ3n) is 3.81. The van der Waals surface area contributed by atoms with E-state index in [0.717, 1.165) is 50.2 Å². The number of carbonyl (C=O) groups is 1. The summed E-state index contributed by atoms with van der Waals surface area (Å²) in [6.07, 6.45) is 3.63. The Morgan fingerprint density at radius 1 is 1.24 bits per heavy atom. The van der Waals surface area contributed by atoms with E-state index in [1.54, 1.807) is 0 Å². The highest BCUT2D eigenvalue weighted by Crippen LogP contribution is 2.14. The molecule has 7 heteroatoms. The number of anilines is 1. The molecule has 0 spiro atoms. The average Bonchev–Trinajstić information content (AvgIpc) is 2.48. The quantitative estimate of drug-likeness (QED) is 0.785. The van der Waals surface area contributed by atoms with Crippen LogP contribution in [0.3, 0.4) is 0 Å². The molecule has 0 unspecified atom stereocenters. The highest BCUT2D eigenvalue weighted by molar-refractivity contribution is 5.75. The molecule has 0 atom stereocenters. The molecule has 116 valence electrons. The van der Waals surface area contributed by atoms with Crippen molar-refractivity contribution in [3.63, 3.8) is 0 Å². The van der Waals surface area contributed by atoms with Gasteiger partial charge in [-0.1, -0.05) is 13.8 Å². The molecule has 0 aromatic carbocycles. The number of aromatic nitrogens is 3. The van der Waals surface area contributed by atoms with Crippen LogP contribution >= 0.6 is 0 Å². The van der Waals surface area contributed by atoms with Crippen molar-refractivity contribution >= 4 is 11.9 Å². The molecule has 1 amide bonds. The maximum atomic E-state index is 10.9. The van der Waals surface area contributed by atoms with Crippen molar-refractivity contribution in [1.82, 2.24) is 20.1 Å². The molecular weight excluding hydrogens is 268 g/mol. The van der Waals surface area contributed by atoms with Gasteiger partial charge in [0.1, 0.15) is 0 Å². The Kier molecular flexibility index (Phi) is 5.44. The molecule has 7 nitrogen and oxygen atoms in total. The third kappa shape index (κ3) is 4.35. The second kappa shape index (κ2) is 7.31. The van der Waals surface area contributed by atoms with Crippen LogP contribution in [0.5, 0.6) is 0 Å².